The number of nitrogens with one attached hydrogen (secondary N) is 1. The number of ether oxygens (including phenoxy) is 3. The lowest BCUT2D eigenvalue weighted by Crippen LogP contribution is -2.66. The molecule has 210 valence electrons. The molecule has 5 N–H and O–H groups in total. The summed E-state index contributed by atoms with van der Waals surface area (Å²) >= 11 is 2.34. The highest BCUT2D eigenvalue weighted by molar-refractivity contribution is 7.25. The zero-order valence-electron chi connectivity index (χ0n) is 21.1. The number of carboxylic acid groups (broad SMARTS) is 2. The van der Waals surface area contributed by atoms with E-state index < -0.39 is 60.5 Å². The molecule has 6 atom stereocenters. The minimum Gasteiger partial charge on any atom is -0.479 e. The molecule has 0 spiro atoms. The van der Waals surface area contributed by atoms with Gasteiger partial charge in [-0.2, -0.15) is 0 Å². The number of carbonyl (C=O) groups excluding carboxylic acids is 1. The van der Waals surface area contributed by atoms with Crippen molar-refractivity contribution >= 4 is 50.7 Å². The van der Waals surface area contributed by atoms with Gasteiger partial charge in [0.25, 0.3) is 0 Å². The molecule has 0 aliphatic carbocycles. The number of amides is 1. The molecular weight excluding hydrogens is 554 g/mol. The molecule has 0 bridgehead atoms. The second-order valence-corrected chi connectivity index (χ2v) is 10.8. The van der Waals surface area contributed by atoms with Gasteiger partial charge in [-0.3, -0.25) is 4.79 Å². The van der Waals surface area contributed by atoms with E-state index in [-0.39, 0.29) is 17.7 Å². The highest BCUT2D eigenvalue weighted by Gasteiger charge is 2.56. The maximum Gasteiger partial charge on any atom is 0.355 e. The number of aromatic nitrogens is 2. The van der Waals surface area contributed by atoms with Crippen molar-refractivity contribution in [3.05, 3.63) is 34.8 Å². The predicted molar refractivity (Wildman–Crippen MR) is 139 cm³/mol. The number of aliphatic hydroxyl groups is 2. The van der Waals surface area contributed by atoms with Crippen LogP contribution in [0.4, 0.5) is 0 Å². The molecule has 2 aromatic heterocycles. The van der Waals surface area contributed by atoms with Crippen LogP contribution in [0.1, 0.15) is 29.4 Å². The number of fused-ring (bicyclic) bond motifs is 1. The van der Waals surface area contributed by atoms with Crippen LogP contribution in [0, 0.1) is 0 Å². The summed E-state index contributed by atoms with van der Waals surface area (Å²) in [6.07, 6.45) is -4.95. The number of aromatic carboxylic acids is 1. The van der Waals surface area contributed by atoms with E-state index in [1.54, 1.807) is 18.2 Å². The fraction of sp³-hybridized carbons (Fsp3) is 0.458. The number of carbonyl (C=O) groups is 3. The number of carboxylic acids is 2. The summed E-state index contributed by atoms with van der Waals surface area (Å²) in [7, 11) is 2.65. The van der Waals surface area contributed by atoms with Crippen molar-refractivity contribution in [2.24, 2.45) is 0 Å². The average Bonchev–Trinajstić information content (AvgIpc) is 3.56. The Kier molecular flexibility index (Phi) is 8.60. The molecular formula is C24H27N3O10S2. The highest BCUT2D eigenvalue weighted by Crippen LogP contribution is 2.43. The average molecular weight is 582 g/mol. The van der Waals surface area contributed by atoms with E-state index in [1.165, 1.54) is 37.9 Å². The lowest BCUT2D eigenvalue weighted by Gasteiger charge is -2.48. The minimum atomic E-state index is -1.98. The SMILES string of the molecule is CO[C@@H]([C@@H]1O[C@](C(=O)O)(c2ccc3nc(-c4nc(C(=O)O)cs4)sc3c2)C[C@H](OC)[C@H]1NC(C)=O)[C@H](O)CO. The van der Waals surface area contributed by atoms with Crippen molar-refractivity contribution in [1.29, 1.82) is 0 Å². The van der Waals surface area contributed by atoms with E-state index in [0.29, 0.717) is 20.2 Å². The molecule has 39 heavy (non-hydrogen) atoms. The number of rotatable bonds is 10. The van der Waals surface area contributed by atoms with E-state index in [0.717, 1.165) is 11.3 Å². The second kappa shape index (κ2) is 11.6. The van der Waals surface area contributed by atoms with Gasteiger partial charge in [0.2, 0.25) is 5.91 Å². The zero-order chi connectivity index (χ0) is 28.5. The van der Waals surface area contributed by atoms with E-state index >= 15 is 0 Å². The van der Waals surface area contributed by atoms with Crippen molar-refractivity contribution in [2.75, 3.05) is 20.8 Å². The van der Waals surface area contributed by atoms with Gasteiger partial charge in [-0.1, -0.05) is 6.07 Å². The van der Waals surface area contributed by atoms with Gasteiger partial charge < -0.3 is 40.0 Å². The largest absolute Gasteiger partial charge is 0.479 e. The van der Waals surface area contributed by atoms with Crippen LogP contribution in [0.15, 0.2) is 23.6 Å². The summed E-state index contributed by atoms with van der Waals surface area (Å²) < 4.78 is 17.9. The van der Waals surface area contributed by atoms with Crippen LogP contribution in [0.3, 0.4) is 0 Å². The normalized spacial score (nSPS) is 24.8. The molecule has 0 unspecified atom stereocenters. The maximum atomic E-state index is 12.9. The lowest BCUT2D eigenvalue weighted by atomic mass is 9.79. The first kappa shape index (κ1) is 28.9. The van der Waals surface area contributed by atoms with Gasteiger partial charge in [0.05, 0.1) is 29.0 Å². The summed E-state index contributed by atoms with van der Waals surface area (Å²) in [5, 5.41) is 44.7. The molecule has 1 aliphatic heterocycles. The van der Waals surface area contributed by atoms with Crippen LogP contribution >= 0.6 is 22.7 Å². The Labute approximate surface area is 230 Å². The molecule has 3 heterocycles. The first-order chi connectivity index (χ1) is 18.5. The van der Waals surface area contributed by atoms with Crippen LogP contribution < -0.4 is 5.32 Å². The highest BCUT2D eigenvalue weighted by atomic mass is 32.1. The Balaban J connectivity index is 1.80. The van der Waals surface area contributed by atoms with E-state index in [1.807, 2.05) is 0 Å². The third-order valence-electron chi connectivity index (χ3n) is 6.52. The molecule has 3 aromatic rings. The fourth-order valence-corrected chi connectivity index (χ4v) is 6.52. The predicted octanol–water partition coefficient (Wildman–Crippen LogP) is 1.07. The summed E-state index contributed by atoms with van der Waals surface area (Å²) in [6.45, 7) is 0.586. The third kappa shape index (κ3) is 5.51. The minimum absolute atomic E-state index is 0.0986. The molecule has 1 amide bonds. The fourth-order valence-electron chi connectivity index (χ4n) is 4.69. The van der Waals surface area contributed by atoms with Crippen LogP contribution in [0.2, 0.25) is 0 Å². The van der Waals surface area contributed by atoms with Crippen LogP contribution in [0.25, 0.3) is 20.2 Å². The standard InChI is InChI=1S/C24H27N3O10S2/c1-10(29)25-17-15(35-2)7-24(23(33)34,37-19(17)18(36-3)14(30)8-28)11-4-5-12-16(6-11)39-21(26-12)20-27-13(9-38-20)22(31)32/h4-6,9,14-15,17-19,28,30H,7-8H2,1-3H3,(H,25,29)(H,31,32)(H,33,34)/t14-,15+,17-,18-,19-,24+/m1/s1. The molecule has 1 fully saturated rings. The van der Waals surface area contributed by atoms with Gasteiger partial charge in [0.1, 0.15) is 18.3 Å². The van der Waals surface area contributed by atoms with Crippen molar-refractivity contribution in [3.8, 4) is 10.0 Å². The molecule has 0 saturated carbocycles. The van der Waals surface area contributed by atoms with Gasteiger partial charge in [-0.25, -0.2) is 19.6 Å². The summed E-state index contributed by atoms with van der Waals surface area (Å²) in [6, 6.07) is 3.89. The summed E-state index contributed by atoms with van der Waals surface area (Å²) in [5.41, 5.74) is -1.28. The topological polar surface area (TPSA) is 198 Å². The van der Waals surface area contributed by atoms with Gasteiger partial charge in [0, 0.05) is 32.9 Å². The molecule has 0 radical (unpaired) electrons. The monoisotopic (exact) mass is 581 g/mol. The second-order valence-electron chi connectivity index (χ2n) is 8.91. The number of thiazole rings is 2. The number of aliphatic hydroxyl groups excluding tert-OH is 2. The summed E-state index contributed by atoms with van der Waals surface area (Å²) in [4.78, 5) is 44.7. The van der Waals surface area contributed by atoms with E-state index in [4.69, 9.17) is 19.3 Å². The number of aliphatic carboxylic acids is 1. The number of hydrogen-bond donors (Lipinski definition) is 5. The van der Waals surface area contributed by atoms with Crippen molar-refractivity contribution in [2.45, 2.75) is 49.4 Å². The van der Waals surface area contributed by atoms with Crippen LogP contribution in [0.5, 0.6) is 0 Å². The molecule has 1 aromatic carbocycles. The van der Waals surface area contributed by atoms with Gasteiger partial charge in [0.15, 0.2) is 21.3 Å². The Morgan fingerprint density at radius 3 is 2.54 bits per heavy atom. The van der Waals surface area contributed by atoms with Gasteiger partial charge in [-0.05, 0) is 17.7 Å². The smallest absolute Gasteiger partial charge is 0.355 e. The molecule has 1 aliphatic rings. The number of methoxy groups -OCH3 is 2. The molecule has 15 heteroatoms. The Hall–Kier alpha value is -3.05. The van der Waals surface area contributed by atoms with Gasteiger partial charge >= 0.3 is 11.9 Å². The molecule has 1 saturated heterocycles. The maximum absolute atomic E-state index is 12.9. The summed E-state index contributed by atoms with van der Waals surface area (Å²) in [5.74, 6) is -2.92. The zero-order valence-corrected chi connectivity index (χ0v) is 22.7. The van der Waals surface area contributed by atoms with E-state index in [9.17, 15) is 29.7 Å². The Morgan fingerprint density at radius 2 is 1.97 bits per heavy atom. The van der Waals surface area contributed by atoms with Crippen LogP contribution in [-0.4, -0.2) is 99.5 Å². The molecule has 4 rings (SSSR count). The lowest BCUT2D eigenvalue weighted by molar-refractivity contribution is -0.239. The number of nitrogens with zero attached hydrogens (tertiary/aromatic N) is 2. The van der Waals surface area contributed by atoms with E-state index in [2.05, 4.69) is 15.3 Å². The van der Waals surface area contributed by atoms with Crippen LogP contribution in [-0.2, 0) is 29.4 Å². The first-order valence-electron chi connectivity index (χ1n) is 11.7. The number of hydrogen-bond acceptors (Lipinski definition) is 12. The number of benzene rings is 1. The Morgan fingerprint density at radius 1 is 1.23 bits per heavy atom. The van der Waals surface area contributed by atoms with Crippen molar-refractivity contribution in [1.82, 2.24) is 15.3 Å². The third-order valence-corrected chi connectivity index (χ3v) is 8.52. The van der Waals surface area contributed by atoms with Crippen molar-refractivity contribution in [3.63, 3.8) is 0 Å². The van der Waals surface area contributed by atoms with Crippen molar-refractivity contribution < 1.29 is 49.0 Å². The molecule has 13 nitrogen and oxygen atoms in total. The van der Waals surface area contributed by atoms with Gasteiger partial charge in [-0.15, -0.1) is 22.7 Å². The Bertz CT molecular complexity index is 1380. The first-order valence-corrected chi connectivity index (χ1v) is 13.4. The quantitative estimate of drug-likeness (QED) is 0.229.